The zero-order valence-corrected chi connectivity index (χ0v) is 13.0. The van der Waals surface area contributed by atoms with Gasteiger partial charge in [0, 0.05) is 25.3 Å². The van der Waals surface area contributed by atoms with Crippen molar-refractivity contribution in [2.45, 2.75) is 50.8 Å². The Kier molecular flexibility index (Phi) is 3.36. The van der Waals surface area contributed by atoms with E-state index in [4.69, 9.17) is 0 Å². The lowest BCUT2D eigenvalue weighted by Gasteiger charge is -2.35. The molecule has 0 unspecified atom stereocenters. The van der Waals surface area contributed by atoms with Crippen LogP contribution in [0.1, 0.15) is 37.3 Å². The van der Waals surface area contributed by atoms with Crippen LogP contribution in [0.15, 0.2) is 12.4 Å². The number of fused-ring (bicyclic) bond motifs is 1. The molecule has 0 bridgehead atoms. The second-order valence-corrected chi connectivity index (χ2v) is 7.25. The summed E-state index contributed by atoms with van der Waals surface area (Å²) in [6.07, 6.45) is 7.37. The Labute approximate surface area is 130 Å². The van der Waals surface area contributed by atoms with E-state index in [9.17, 15) is 9.90 Å². The molecular weight excluding hydrogens is 280 g/mol. The van der Waals surface area contributed by atoms with E-state index < -0.39 is 0 Å². The monoisotopic (exact) mass is 304 g/mol. The summed E-state index contributed by atoms with van der Waals surface area (Å²) in [7, 11) is 0. The Hall–Kier alpha value is -1.56. The van der Waals surface area contributed by atoms with Crippen molar-refractivity contribution in [3.05, 3.63) is 18.0 Å². The van der Waals surface area contributed by atoms with Crippen LogP contribution in [0.2, 0.25) is 0 Å². The highest BCUT2D eigenvalue weighted by atomic mass is 16.3. The molecule has 120 valence electrons. The Morgan fingerprint density at radius 2 is 2.05 bits per heavy atom. The summed E-state index contributed by atoms with van der Waals surface area (Å²) >= 11 is 0. The van der Waals surface area contributed by atoms with E-state index in [-0.39, 0.29) is 18.2 Å². The number of likely N-dealkylation sites (tertiary alicyclic amines) is 1. The molecule has 2 saturated carbocycles. The molecule has 0 aromatic carbocycles. The van der Waals surface area contributed by atoms with Gasteiger partial charge >= 0.3 is 6.03 Å². The van der Waals surface area contributed by atoms with Crippen molar-refractivity contribution in [3.8, 4) is 0 Å². The van der Waals surface area contributed by atoms with Crippen molar-refractivity contribution in [1.29, 1.82) is 0 Å². The highest BCUT2D eigenvalue weighted by Crippen LogP contribution is 2.41. The van der Waals surface area contributed by atoms with Gasteiger partial charge in [-0.25, -0.2) is 4.79 Å². The third-order valence-electron chi connectivity index (χ3n) is 5.37. The van der Waals surface area contributed by atoms with Gasteiger partial charge in [-0.15, -0.1) is 0 Å². The van der Waals surface area contributed by atoms with Gasteiger partial charge in [-0.2, -0.15) is 5.10 Å². The summed E-state index contributed by atoms with van der Waals surface area (Å²) in [6, 6.07) is 0.528. The molecule has 4 rings (SSSR count). The molecule has 0 spiro atoms. The van der Waals surface area contributed by atoms with E-state index in [0.29, 0.717) is 17.9 Å². The topological polar surface area (TPSA) is 70.4 Å². The number of hydrogen-bond donors (Lipinski definition) is 2. The van der Waals surface area contributed by atoms with Crippen LogP contribution >= 0.6 is 0 Å². The van der Waals surface area contributed by atoms with Crippen molar-refractivity contribution < 1.29 is 9.90 Å². The predicted octanol–water partition coefficient (Wildman–Crippen LogP) is 1.31. The number of urea groups is 1. The van der Waals surface area contributed by atoms with Gasteiger partial charge in [-0.3, -0.25) is 4.68 Å². The van der Waals surface area contributed by atoms with Crippen LogP contribution in [0, 0.1) is 18.8 Å². The van der Waals surface area contributed by atoms with E-state index in [1.54, 1.807) is 0 Å². The third-order valence-corrected chi connectivity index (χ3v) is 5.37. The average molecular weight is 304 g/mol. The van der Waals surface area contributed by atoms with Gasteiger partial charge in [0.2, 0.25) is 0 Å². The Morgan fingerprint density at radius 1 is 1.32 bits per heavy atom. The second-order valence-electron chi connectivity index (χ2n) is 7.25. The molecule has 3 aliphatic rings. The number of carbonyl (C=O) groups excluding carboxylic acids is 1. The first-order valence-electron chi connectivity index (χ1n) is 8.34. The number of rotatable bonds is 2. The molecule has 2 aliphatic carbocycles. The van der Waals surface area contributed by atoms with Crippen LogP contribution in [0.25, 0.3) is 0 Å². The van der Waals surface area contributed by atoms with Gasteiger partial charge in [-0.05, 0) is 50.0 Å². The summed E-state index contributed by atoms with van der Waals surface area (Å²) in [4.78, 5) is 14.2. The molecule has 0 radical (unpaired) electrons. The second kappa shape index (κ2) is 5.26. The molecule has 4 atom stereocenters. The maximum absolute atomic E-state index is 12.2. The molecular formula is C16H24N4O2. The summed E-state index contributed by atoms with van der Waals surface area (Å²) in [5, 5.41) is 17.9. The lowest BCUT2D eigenvalue weighted by Crippen LogP contribution is -2.39. The van der Waals surface area contributed by atoms with Crippen molar-refractivity contribution in [1.82, 2.24) is 20.0 Å². The zero-order chi connectivity index (χ0) is 15.3. The fraction of sp³-hybridized carbons (Fsp3) is 0.750. The first-order valence-corrected chi connectivity index (χ1v) is 8.34. The molecule has 2 amide bonds. The number of nitrogens with zero attached hydrogens (tertiary/aromatic N) is 3. The van der Waals surface area contributed by atoms with E-state index in [0.717, 1.165) is 44.3 Å². The summed E-state index contributed by atoms with van der Waals surface area (Å²) in [5.41, 5.74) is 1.12. The van der Waals surface area contributed by atoms with Gasteiger partial charge in [-0.1, -0.05) is 0 Å². The fourth-order valence-electron chi connectivity index (χ4n) is 3.97. The number of nitrogens with one attached hydrogen (secondary N) is 1. The molecule has 3 fully saturated rings. The van der Waals surface area contributed by atoms with Crippen molar-refractivity contribution in [2.75, 3.05) is 13.1 Å². The molecule has 1 saturated heterocycles. The number of carbonyl (C=O) groups is 1. The smallest absolute Gasteiger partial charge is 0.317 e. The Morgan fingerprint density at radius 3 is 2.68 bits per heavy atom. The van der Waals surface area contributed by atoms with E-state index in [2.05, 4.69) is 10.4 Å². The van der Waals surface area contributed by atoms with E-state index >= 15 is 0 Å². The highest BCUT2D eigenvalue weighted by Gasteiger charge is 2.44. The zero-order valence-electron chi connectivity index (χ0n) is 13.0. The largest absolute Gasteiger partial charge is 0.391 e. The van der Waals surface area contributed by atoms with Crippen LogP contribution in [-0.2, 0) is 0 Å². The van der Waals surface area contributed by atoms with Gasteiger partial charge in [0.25, 0.3) is 0 Å². The average Bonchev–Trinajstić information content (AvgIpc) is 3.03. The van der Waals surface area contributed by atoms with Crippen LogP contribution in [0.3, 0.4) is 0 Å². The minimum atomic E-state index is -0.369. The first kappa shape index (κ1) is 14.1. The number of aryl methyl sites for hydroxylation is 1. The lowest BCUT2D eigenvalue weighted by molar-refractivity contribution is 0.0306. The molecule has 2 N–H and O–H groups in total. The molecule has 6 nitrogen and oxygen atoms in total. The standard InChI is InChI=1S/C16H24N4O2/c1-10-6-17-20(7-10)14-4-11-8-19(9-12(11)5-15(14)21)16(22)18-13-2-3-13/h6-7,11-15,21H,2-5,8-9H2,1H3,(H,18,22)/t11-,12+,14-,15-/m0/s1. The molecule has 1 aliphatic heterocycles. The fourth-order valence-corrected chi connectivity index (χ4v) is 3.97. The first-order chi connectivity index (χ1) is 10.6. The molecule has 6 heteroatoms. The number of hydrogen-bond acceptors (Lipinski definition) is 3. The summed E-state index contributed by atoms with van der Waals surface area (Å²) in [6.45, 7) is 3.61. The van der Waals surface area contributed by atoms with Gasteiger partial charge < -0.3 is 15.3 Å². The van der Waals surface area contributed by atoms with Crippen LogP contribution < -0.4 is 5.32 Å². The number of amides is 2. The van der Waals surface area contributed by atoms with E-state index in [1.807, 2.05) is 28.9 Å². The van der Waals surface area contributed by atoms with Crippen LogP contribution in [0.4, 0.5) is 4.79 Å². The van der Waals surface area contributed by atoms with Crippen molar-refractivity contribution in [2.24, 2.45) is 11.8 Å². The normalized spacial score (nSPS) is 34.5. The maximum Gasteiger partial charge on any atom is 0.317 e. The van der Waals surface area contributed by atoms with Crippen molar-refractivity contribution >= 4 is 6.03 Å². The number of aliphatic hydroxyl groups is 1. The summed E-state index contributed by atoms with van der Waals surface area (Å²) in [5.74, 6) is 0.899. The number of aliphatic hydroxyl groups excluding tert-OH is 1. The van der Waals surface area contributed by atoms with Crippen molar-refractivity contribution in [3.63, 3.8) is 0 Å². The lowest BCUT2D eigenvalue weighted by atomic mass is 9.77. The Bertz CT molecular complexity index is 568. The Balaban J connectivity index is 1.43. The van der Waals surface area contributed by atoms with E-state index in [1.165, 1.54) is 0 Å². The van der Waals surface area contributed by atoms with Gasteiger partial charge in [0.05, 0.1) is 18.3 Å². The SMILES string of the molecule is Cc1cnn([C@H]2C[C@H]3CN(C(=O)NC4CC4)C[C@H]3C[C@@H]2O)c1. The highest BCUT2D eigenvalue weighted by molar-refractivity contribution is 5.75. The number of aromatic nitrogens is 2. The van der Waals surface area contributed by atoms with Crippen LogP contribution in [-0.4, -0.2) is 51.1 Å². The molecule has 2 heterocycles. The summed E-state index contributed by atoms with van der Waals surface area (Å²) < 4.78 is 1.91. The third kappa shape index (κ3) is 2.60. The van der Waals surface area contributed by atoms with Gasteiger partial charge in [0.1, 0.15) is 0 Å². The van der Waals surface area contributed by atoms with Gasteiger partial charge in [0.15, 0.2) is 0 Å². The molecule has 22 heavy (non-hydrogen) atoms. The van der Waals surface area contributed by atoms with Crippen LogP contribution in [0.5, 0.6) is 0 Å². The quantitative estimate of drug-likeness (QED) is 0.865. The predicted molar refractivity (Wildman–Crippen MR) is 81.3 cm³/mol. The minimum absolute atomic E-state index is 0.0430. The molecule has 1 aromatic heterocycles. The molecule has 1 aromatic rings. The minimum Gasteiger partial charge on any atom is -0.391 e. The maximum atomic E-state index is 12.2.